The molecule has 0 saturated carbocycles. The number of benzene rings is 1. The number of halogens is 2. The molecule has 0 atom stereocenters. The number of aromatic hydroxyl groups is 1. The number of methoxy groups -OCH3 is 1. The number of hydrogen-bond donors (Lipinski definition) is 1. The SMILES string of the molecule is CCOc1cc(/C=C2/SC(=O)N(Cc3ccc(C(=O)OC)o3)C2=O)c(Br)c(Br)c1O. The summed E-state index contributed by atoms with van der Waals surface area (Å²) in [6.07, 6.45) is 1.53. The average Bonchev–Trinajstić information content (AvgIpc) is 3.30. The highest BCUT2D eigenvalue weighted by atomic mass is 79.9. The number of esters is 1. The molecule has 1 aliphatic heterocycles. The number of amides is 2. The fourth-order valence-electron chi connectivity index (χ4n) is 2.59. The summed E-state index contributed by atoms with van der Waals surface area (Å²) >= 11 is 7.42. The molecule has 2 aromatic rings. The number of carbonyl (C=O) groups is 3. The first-order valence-electron chi connectivity index (χ1n) is 8.53. The summed E-state index contributed by atoms with van der Waals surface area (Å²) in [4.78, 5) is 37.8. The van der Waals surface area contributed by atoms with Crippen molar-refractivity contribution < 1.29 is 33.4 Å². The Hall–Kier alpha value is -2.24. The summed E-state index contributed by atoms with van der Waals surface area (Å²) in [6, 6.07) is 4.48. The van der Waals surface area contributed by atoms with Crippen molar-refractivity contribution in [3.05, 3.63) is 49.1 Å². The predicted octanol–water partition coefficient (Wildman–Crippen LogP) is 4.93. The van der Waals surface area contributed by atoms with Crippen molar-refractivity contribution in [1.82, 2.24) is 4.90 Å². The lowest BCUT2D eigenvalue weighted by Crippen LogP contribution is -2.27. The molecule has 1 N–H and O–H groups in total. The van der Waals surface area contributed by atoms with E-state index in [2.05, 4.69) is 36.6 Å². The number of nitrogens with zero attached hydrogens (tertiary/aromatic N) is 1. The van der Waals surface area contributed by atoms with E-state index in [1.54, 1.807) is 13.0 Å². The molecular formula is C19H15Br2NO7S. The fourth-order valence-corrected chi connectivity index (χ4v) is 4.26. The Labute approximate surface area is 192 Å². The van der Waals surface area contributed by atoms with Crippen LogP contribution in [0.4, 0.5) is 4.79 Å². The zero-order valence-electron chi connectivity index (χ0n) is 15.7. The van der Waals surface area contributed by atoms with Gasteiger partial charge in [-0.3, -0.25) is 14.5 Å². The second-order valence-electron chi connectivity index (χ2n) is 5.90. The molecule has 158 valence electrons. The second kappa shape index (κ2) is 9.27. The van der Waals surface area contributed by atoms with Crippen LogP contribution in [0.3, 0.4) is 0 Å². The molecule has 0 spiro atoms. The van der Waals surface area contributed by atoms with Crippen LogP contribution in [0.1, 0.15) is 28.8 Å². The summed E-state index contributed by atoms with van der Waals surface area (Å²) in [6.45, 7) is 2.00. The molecular weight excluding hydrogens is 546 g/mol. The van der Waals surface area contributed by atoms with Gasteiger partial charge < -0.3 is 19.0 Å². The first-order valence-corrected chi connectivity index (χ1v) is 10.9. The smallest absolute Gasteiger partial charge is 0.373 e. The van der Waals surface area contributed by atoms with Crippen molar-refractivity contribution >= 4 is 66.8 Å². The van der Waals surface area contributed by atoms with Gasteiger partial charge in [0, 0.05) is 4.47 Å². The van der Waals surface area contributed by atoms with E-state index < -0.39 is 17.1 Å². The van der Waals surface area contributed by atoms with E-state index in [-0.39, 0.29) is 34.5 Å². The van der Waals surface area contributed by atoms with Crippen LogP contribution in [0.2, 0.25) is 0 Å². The van der Waals surface area contributed by atoms with Crippen LogP contribution in [-0.4, -0.2) is 40.8 Å². The van der Waals surface area contributed by atoms with E-state index in [4.69, 9.17) is 9.15 Å². The lowest BCUT2D eigenvalue weighted by Gasteiger charge is -2.12. The average molecular weight is 561 g/mol. The summed E-state index contributed by atoms with van der Waals surface area (Å²) in [5, 5.41) is 9.68. The van der Waals surface area contributed by atoms with Gasteiger partial charge in [0.1, 0.15) is 5.76 Å². The van der Waals surface area contributed by atoms with Gasteiger partial charge in [-0.25, -0.2) is 4.79 Å². The minimum Gasteiger partial charge on any atom is -0.503 e. The van der Waals surface area contributed by atoms with E-state index in [1.165, 1.54) is 25.3 Å². The Bertz CT molecular complexity index is 1060. The number of phenolic OH excluding ortho intramolecular Hbond substituents is 1. The maximum absolute atomic E-state index is 12.8. The number of rotatable bonds is 6. The van der Waals surface area contributed by atoms with Crippen LogP contribution in [-0.2, 0) is 16.1 Å². The van der Waals surface area contributed by atoms with Crippen molar-refractivity contribution in [2.45, 2.75) is 13.5 Å². The number of ether oxygens (including phenoxy) is 2. The predicted molar refractivity (Wildman–Crippen MR) is 116 cm³/mol. The van der Waals surface area contributed by atoms with Gasteiger partial charge in [-0.05, 0) is 80.4 Å². The summed E-state index contributed by atoms with van der Waals surface area (Å²) in [7, 11) is 1.22. The first kappa shape index (κ1) is 22.4. The summed E-state index contributed by atoms with van der Waals surface area (Å²) in [5.41, 5.74) is 0.541. The van der Waals surface area contributed by atoms with E-state index in [9.17, 15) is 19.5 Å². The van der Waals surface area contributed by atoms with Crippen LogP contribution in [0, 0.1) is 0 Å². The minimum atomic E-state index is -0.650. The summed E-state index contributed by atoms with van der Waals surface area (Å²) < 4.78 is 16.2. The molecule has 30 heavy (non-hydrogen) atoms. The van der Waals surface area contributed by atoms with Crippen LogP contribution in [0.15, 0.2) is 36.5 Å². The second-order valence-corrected chi connectivity index (χ2v) is 8.48. The van der Waals surface area contributed by atoms with Gasteiger partial charge in [-0.2, -0.15) is 0 Å². The highest BCUT2D eigenvalue weighted by Gasteiger charge is 2.36. The number of phenols is 1. The molecule has 2 amide bonds. The van der Waals surface area contributed by atoms with Crippen LogP contribution in [0.25, 0.3) is 6.08 Å². The van der Waals surface area contributed by atoms with Gasteiger partial charge in [-0.1, -0.05) is 0 Å². The Kier molecular flexibility index (Phi) is 6.94. The number of hydrogen-bond acceptors (Lipinski definition) is 8. The zero-order valence-corrected chi connectivity index (χ0v) is 19.7. The Balaban J connectivity index is 1.86. The van der Waals surface area contributed by atoms with Gasteiger partial charge in [0.05, 0.1) is 29.6 Å². The molecule has 0 unspecified atom stereocenters. The molecule has 1 aliphatic rings. The third-order valence-corrected chi connectivity index (χ3v) is 7.06. The molecule has 3 rings (SSSR count). The van der Waals surface area contributed by atoms with Crippen LogP contribution < -0.4 is 4.74 Å². The lowest BCUT2D eigenvalue weighted by atomic mass is 10.2. The van der Waals surface area contributed by atoms with Crippen molar-refractivity contribution in [3.63, 3.8) is 0 Å². The Morgan fingerprint density at radius 3 is 2.70 bits per heavy atom. The first-order chi connectivity index (χ1) is 14.3. The number of carbonyl (C=O) groups excluding carboxylic acids is 3. The Morgan fingerprint density at radius 2 is 2.03 bits per heavy atom. The van der Waals surface area contributed by atoms with Gasteiger partial charge >= 0.3 is 5.97 Å². The van der Waals surface area contributed by atoms with Gasteiger partial charge in [0.2, 0.25) is 5.76 Å². The molecule has 1 fully saturated rings. The van der Waals surface area contributed by atoms with E-state index in [1.807, 2.05) is 0 Å². The number of thioether (sulfide) groups is 1. The fraction of sp³-hybridized carbons (Fsp3) is 0.211. The van der Waals surface area contributed by atoms with Crippen LogP contribution in [0.5, 0.6) is 11.5 Å². The molecule has 0 bridgehead atoms. The van der Waals surface area contributed by atoms with Crippen molar-refractivity contribution in [1.29, 1.82) is 0 Å². The topological polar surface area (TPSA) is 106 Å². The van der Waals surface area contributed by atoms with E-state index in [0.717, 1.165) is 16.7 Å². The standard InChI is InChI=1S/C19H15Br2NO7S/c1-3-28-12-6-9(14(20)15(21)16(12)23)7-13-17(24)22(19(26)30-13)8-10-4-5-11(29-10)18(25)27-2/h4-7,23H,3,8H2,1-2H3/b13-7+. The van der Waals surface area contributed by atoms with Gasteiger partial charge in [0.25, 0.3) is 11.1 Å². The van der Waals surface area contributed by atoms with E-state index in [0.29, 0.717) is 21.1 Å². The molecule has 0 aliphatic carbocycles. The highest BCUT2D eigenvalue weighted by Crippen LogP contribution is 2.44. The molecule has 8 nitrogen and oxygen atoms in total. The molecule has 1 saturated heterocycles. The highest BCUT2D eigenvalue weighted by molar-refractivity contribution is 9.13. The maximum atomic E-state index is 12.8. The number of imide groups is 1. The molecule has 11 heteroatoms. The monoisotopic (exact) mass is 559 g/mol. The Morgan fingerprint density at radius 1 is 1.30 bits per heavy atom. The normalized spacial score (nSPS) is 15.2. The van der Waals surface area contributed by atoms with Gasteiger partial charge in [-0.15, -0.1) is 0 Å². The largest absolute Gasteiger partial charge is 0.503 e. The van der Waals surface area contributed by atoms with Crippen LogP contribution >= 0.6 is 43.6 Å². The molecule has 1 aromatic heterocycles. The zero-order chi connectivity index (χ0) is 22.0. The molecule has 0 radical (unpaired) electrons. The molecule has 1 aromatic carbocycles. The quantitative estimate of drug-likeness (QED) is 0.391. The van der Waals surface area contributed by atoms with Gasteiger partial charge in [0.15, 0.2) is 11.5 Å². The van der Waals surface area contributed by atoms with E-state index >= 15 is 0 Å². The molecule has 2 heterocycles. The third kappa shape index (κ3) is 4.42. The lowest BCUT2D eigenvalue weighted by molar-refractivity contribution is -0.123. The number of furan rings is 1. The third-order valence-electron chi connectivity index (χ3n) is 4.00. The van der Waals surface area contributed by atoms with Crippen molar-refractivity contribution in [2.75, 3.05) is 13.7 Å². The summed E-state index contributed by atoms with van der Waals surface area (Å²) in [5.74, 6) is -0.738. The van der Waals surface area contributed by atoms with Crippen molar-refractivity contribution in [3.8, 4) is 11.5 Å². The maximum Gasteiger partial charge on any atom is 0.373 e. The van der Waals surface area contributed by atoms with Crippen molar-refractivity contribution in [2.24, 2.45) is 0 Å². The minimum absolute atomic E-state index is 0.0173.